The molecule has 0 unspecified atom stereocenters. The molecule has 0 saturated carbocycles. The van der Waals surface area contributed by atoms with Crippen LogP contribution in [0.25, 0.3) is 22.8 Å². The molecular formula is C25H25OZr. The summed E-state index contributed by atoms with van der Waals surface area (Å²) in [6.07, 6.45) is 4.52. The Morgan fingerprint density at radius 3 is 2.22 bits per heavy atom. The normalized spacial score (nSPS) is 13.1. The summed E-state index contributed by atoms with van der Waals surface area (Å²) in [4.78, 5) is 0. The third kappa shape index (κ3) is 3.70. The number of aryl methyl sites for hydroxylation is 1. The Morgan fingerprint density at radius 2 is 1.59 bits per heavy atom. The van der Waals surface area contributed by atoms with Gasteiger partial charge >= 0.3 is 0 Å². The number of benzene rings is 2. The van der Waals surface area contributed by atoms with Gasteiger partial charge in [0.15, 0.2) is 0 Å². The molecule has 1 aliphatic rings. The summed E-state index contributed by atoms with van der Waals surface area (Å²) in [7, 11) is 0. The predicted octanol–water partition coefficient (Wildman–Crippen LogP) is 6.97. The van der Waals surface area contributed by atoms with Crippen molar-refractivity contribution >= 4 is 11.6 Å². The van der Waals surface area contributed by atoms with E-state index < -0.39 is 0 Å². The van der Waals surface area contributed by atoms with Crippen LogP contribution in [-0.2, 0) is 31.6 Å². The Balaban J connectivity index is 0.00000210. The minimum atomic E-state index is 0. The average Bonchev–Trinajstić information content (AvgIpc) is 3.23. The Morgan fingerprint density at radius 1 is 0.889 bits per heavy atom. The zero-order valence-electron chi connectivity index (χ0n) is 16.7. The van der Waals surface area contributed by atoms with Crippen molar-refractivity contribution in [3.05, 3.63) is 88.7 Å². The number of fused-ring (bicyclic) bond motifs is 1. The van der Waals surface area contributed by atoms with Crippen LogP contribution in [0.5, 0.6) is 0 Å². The summed E-state index contributed by atoms with van der Waals surface area (Å²) >= 11 is 0. The molecule has 1 aromatic heterocycles. The Bertz CT molecular complexity index is 1000. The van der Waals surface area contributed by atoms with E-state index in [4.69, 9.17) is 4.42 Å². The van der Waals surface area contributed by atoms with Gasteiger partial charge in [-0.2, -0.15) is 0 Å². The molecule has 27 heavy (non-hydrogen) atoms. The average molecular weight is 433 g/mol. The molecule has 0 N–H and O–H groups in total. The van der Waals surface area contributed by atoms with Gasteiger partial charge in [-0.05, 0) is 65.4 Å². The van der Waals surface area contributed by atoms with Crippen molar-refractivity contribution < 1.29 is 30.6 Å². The number of allylic oxidation sites excluding steroid dienone is 1. The van der Waals surface area contributed by atoms with Crippen LogP contribution >= 0.6 is 0 Å². The summed E-state index contributed by atoms with van der Waals surface area (Å²) in [5.74, 6) is 1.97. The predicted molar refractivity (Wildman–Crippen MR) is 110 cm³/mol. The molecule has 3 aromatic rings. The Labute approximate surface area is 181 Å². The molecule has 0 spiro atoms. The zero-order valence-corrected chi connectivity index (χ0v) is 19.1. The minimum absolute atomic E-state index is 0. The molecule has 0 aliphatic heterocycles. The van der Waals surface area contributed by atoms with E-state index in [1.165, 1.54) is 33.4 Å². The van der Waals surface area contributed by atoms with Crippen LogP contribution in [0, 0.1) is 20.3 Å². The molecule has 0 fully saturated rings. The molecule has 1 nitrogen and oxygen atoms in total. The standard InChI is InChI=1S/C25H25O.Zr/c1-16-13-19-14-20(22-11-12-23(26-22)25(3,4)5)15-21(19)24(17(16)2)18-9-7-6-8-10-18;/h6-15H,1-5H3;. The molecule has 0 bridgehead atoms. The SMILES string of the molecule is Cc1cc2c(c(-c3ccccc3)c1C)C=C(c1ccc(C(C)(C)C)o1)[CH]2.[Zr]. The van der Waals surface area contributed by atoms with Gasteiger partial charge in [0.05, 0.1) is 0 Å². The van der Waals surface area contributed by atoms with Gasteiger partial charge in [-0.25, -0.2) is 0 Å². The molecule has 0 amide bonds. The quantitative estimate of drug-likeness (QED) is 0.426. The molecule has 0 saturated heterocycles. The van der Waals surface area contributed by atoms with Crippen molar-refractivity contribution in [3.63, 3.8) is 0 Å². The monoisotopic (exact) mass is 431 g/mol. The van der Waals surface area contributed by atoms with Gasteiger partial charge in [0.25, 0.3) is 0 Å². The van der Waals surface area contributed by atoms with E-state index >= 15 is 0 Å². The molecule has 2 aromatic carbocycles. The van der Waals surface area contributed by atoms with Crippen molar-refractivity contribution in [2.24, 2.45) is 0 Å². The summed E-state index contributed by atoms with van der Waals surface area (Å²) in [5.41, 5.74) is 9.00. The first-order valence-electron chi connectivity index (χ1n) is 9.21. The third-order valence-corrected chi connectivity index (χ3v) is 5.22. The van der Waals surface area contributed by atoms with Gasteiger partial charge < -0.3 is 4.42 Å². The van der Waals surface area contributed by atoms with Crippen LogP contribution in [0.15, 0.2) is 52.9 Å². The molecule has 135 valence electrons. The van der Waals surface area contributed by atoms with Crippen molar-refractivity contribution in [1.82, 2.24) is 0 Å². The van der Waals surface area contributed by atoms with E-state index in [0.29, 0.717) is 0 Å². The molecule has 2 heteroatoms. The zero-order chi connectivity index (χ0) is 18.5. The first kappa shape index (κ1) is 20.1. The second kappa shape index (κ2) is 7.40. The fourth-order valence-electron chi connectivity index (χ4n) is 3.62. The number of hydrogen-bond donors (Lipinski definition) is 0. The van der Waals surface area contributed by atoms with Crippen LogP contribution in [0.2, 0.25) is 0 Å². The van der Waals surface area contributed by atoms with Gasteiger partial charge in [0, 0.05) is 43.6 Å². The van der Waals surface area contributed by atoms with Gasteiger partial charge in [-0.1, -0.05) is 57.2 Å². The smallest absolute Gasteiger partial charge is 0.130 e. The van der Waals surface area contributed by atoms with E-state index in [1.807, 2.05) is 0 Å². The summed E-state index contributed by atoms with van der Waals surface area (Å²) in [6, 6.07) is 17.1. The van der Waals surface area contributed by atoms with E-state index in [1.54, 1.807) is 0 Å². The number of rotatable bonds is 2. The second-order valence-corrected chi connectivity index (χ2v) is 8.22. The van der Waals surface area contributed by atoms with Gasteiger partial charge in [0.1, 0.15) is 11.5 Å². The van der Waals surface area contributed by atoms with E-state index in [2.05, 4.69) is 95.6 Å². The Hall–Kier alpha value is -1.66. The van der Waals surface area contributed by atoms with Crippen molar-refractivity contribution in [3.8, 4) is 11.1 Å². The maximum absolute atomic E-state index is 6.17. The Kier molecular flexibility index (Phi) is 5.50. The fourth-order valence-corrected chi connectivity index (χ4v) is 3.62. The van der Waals surface area contributed by atoms with E-state index in [-0.39, 0.29) is 31.6 Å². The summed E-state index contributed by atoms with van der Waals surface area (Å²) < 4.78 is 6.17. The fraction of sp³-hybridized carbons (Fsp3) is 0.240. The molecule has 0 atom stereocenters. The first-order chi connectivity index (χ1) is 12.3. The van der Waals surface area contributed by atoms with Crippen molar-refractivity contribution in [2.45, 2.75) is 40.0 Å². The van der Waals surface area contributed by atoms with Crippen LogP contribution in [0.1, 0.15) is 54.5 Å². The van der Waals surface area contributed by atoms with Crippen molar-refractivity contribution in [2.75, 3.05) is 0 Å². The summed E-state index contributed by atoms with van der Waals surface area (Å²) in [5, 5.41) is 0. The van der Waals surface area contributed by atoms with Crippen LogP contribution in [0.4, 0.5) is 0 Å². The molecular weight excluding hydrogens is 407 g/mol. The van der Waals surface area contributed by atoms with E-state index in [9.17, 15) is 0 Å². The van der Waals surface area contributed by atoms with Crippen LogP contribution in [-0.4, -0.2) is 0 Å². The maximum Gasteiger partial charge on any atom is 0.130 e. The van der Waals surface area contributed by atoms with Crippen molar-refractivity contribution in [1.29, 1.82) is 0 Å². The summed E-state index contributed by atoms with van der Waals surface area (Å²) in [6.45, 7) is 10.9. The maximum atomic E-state index is 6.17. The number of hydrogen-bond acceptors (Lipinski definition) is 1. The first-order valence-corrected chi connectivity index (χ1v) is 9.21. The van der Waals surface area contributed by atoms with Crippen LogP contribution in [0.3, 0.4) is 0 Å². The van der Waals surface area contributed by atoms with Crippen LogP contribution < -0.4 is 0 Å². The second-order valence-electron chi connectivity index (χ2n) is 8.22. The van der Waals surface area contributed by atoms with Gasteiger partial charge in [-0.3, -0.25) is 0 Å². The van der Waals surface area contributed by atoms with Gasteiger partial charge in [0.2, 0.25) is 0 Å². The molecule has 4 rings (SSSR count). The largest absolute Gasteiger partial charge is 0.461 e. The number of furan rings is 1. The topological polar surface area (TPSA) is 13.1 Å². The minimum Gasteiger partial charge on any atom is -0.461 e. The molecule has 1 aliphatic carbocycles. The molecule has 1 heterocycles. The molecule has 1 radical (unpaired) electrons. The van der Waals surface area contributed by atoms with E-state index in [0.717, 1.165) is 17.1 Å². The third-order valence-electron chi connectivity index (χ3n) is 5.22. The van der Waals surface area contributed by atoms with Gasteiger partial charge in [-0.15, -0.1) is 0 Å².